The summed E-state index contributed by atoms with van der Waals surface area (Å²) in [5.74, 6) is 0.0739. The Bertz CT molecular complexity index is 817. The highest BCUT2D eigenvalue weighted by atomic mass is 79.9. The van der Waals surface area contributed by atoms with Crippen LogP contribution in [0.4, 0.5) is 10.7 Å². The standard InChI is InChI=1S/C11H13BrN6O5S/c1-22-8-6-9(23-2)14-10(13-8)15-11(19)16-24(20,21)17-18-5-3-4-7(18)12/h3-6,17H,1-2H3,(H2,13,14,15,16,19). The number of rotatable bonds is 6. The molecule has 0 aromatic carbocycles. The predicted octanol–water partition coefficient (Wildman–Crippen LogP) is 0.668. The van der Waals surface area contributed by atoms with Crippen molar-refractivity contribution in [1.29, 1.82) is 0 Å². The molecule has 0 radical (unpaired) electrons. The van der Waals surface area contributed by atoms with Gasteiger partial charge in [0.25, 0.3) is 0 Å². The number of hydrogen-bond donors (Lipinski definition) is 3. The number of carbonyl (C=O) groups excluding carboxylic acids is 1. The van der Waals surface area contributed by atoms with Gasteiger partial charge in [0.05, 0.1) is 20.3 Å². The van der Waals surface area contributed by atoms with Crippen LogP contribution in [-0.4, -0.2) is 43.3 Å². The third kappa shape index (κ3) is 4.73. The van der Waals surface area contributed by atoms with Gasteiger partial charge in [-0.05, 0) is 28.1 Å². The summed E-state index contributed by atoms with van der Waals surface area (Å²) in [4.78, 5) is 21.6. The Morgan fingerprint density at radius 2 is 1.88 bits per heavy atom. The number of methoxy groups -OCH3 is 2. The maximum Gasteiger partial charge on any atom is 0.338 e. The Labute approximate surface area is 145 Å². The molecule has 0 aliphatic rings. The number of amides is 2. The van der Waals surface area contributed by atoms with Gasteiger partial charge >= 0.3 is 16.2 Å². The minimum Gasteiger partial charge on any atom is -0.481 e. The van der Waals surface area contributed by atoms with Crippen LogP contribution in [0, 0.1) is 0 Å². The molecule has 2 aromatic rings. The summed E-state index contributed by atoms with van der Waals surface area (Å²) in [5.41, 5.74) is 0. The lowest BCUT2D eigenvalue weighted by Gasteiger charge is -2.12. The summed E-state index contributed by atoms with van der Waals surface area (Å²) >= 11 is 3.13. The maximum absolute atomic E-state index is 11.9. The smallest absolute Gasteiger partial charge is 0.338 e. The average molecular weight is 421 g/mol. The van der Waals surface area contributed by atoms with Gasteiger partial charge in [-0.15, -0.1) is 0 Å². The Morgan fingerprint density at radius 3 is 2.38 bits per heavy atom. The van der Waals surface area contributed by atoms with Crippen LogP contribution in [-0.2, 0) is 10.2 Å². The van der Waals surface area contributed by atoms with Crippen molar-refractivity contribution in [3.63, 3.8) is 0 Å². The van der Waals surface area contributed by atoms with Crippen molar-refractivity contribution in [2.45, 2.75) is 0 Å². The number of carbonyl (C=O) groups is 1. The summed E-state index contributed by atoms with van der Waals surface area (Å²) in [7, 11) is -1.43. The maximum atomic E-state index is 11.9. The molecule has 0 aliphatic carbocycles. The number of ether oxygens (including phenoxy) is 2. The summed E-state index contributed by atoms with van der Waals surface area (Å²) in [5, 5.41) is 2.17. The Hall–Kier alpha value is -2.54. The second kappa shape index (κ2) is 7.35. The molecule has 2 amide bonds. The topological polar surface area (TPSA) is 136 Å². The normalized spacial score (nSPS) is 10.8. The average Bonchev–Trinajstić information content (AvgIpc) is 2.90. The Morgan fingerprint density at radius 1 is 1.25 bits per heavy atom. The van der Waals surface area contributed by atoms with Gasteiger partial charge < -0.3 is 9.47 Å². The van der Waals surface area contributed by atoms with Gasteiger partial charge in [-0.25, -0.2) is 19.0 Å². The number of hydrogen-bond acceptors (Lipinski definition) is 7. The Balaban J connectivity index is 2.06. The van der Waals surface area contributed by atoms with E-state index in [0.29, 0.717) is 4.60 Å². The molecular weight excluding hydrogens is 408 g/mol. The number of nitrogens with zero attached hydrogens (tertiary/aromatic N) is 3. The van der Waals surface area contributed by atoms with Crippen molar-refractivity contribution >= 4 is 38.1 Å². The second-order valence-corrected chi connectivity index (χ2v) is 6.33. The molecule has 0 saturated heterocycles. The summed E-state index contributed by atoms with van der Waals surface area (Å²) in [6, 6.07) is 3.54. The quantitative estimate of drug-likeness (QED) is 0.624. The van der Waals surface area contributed by atoms with E-state index >= 15 is 0 Å². The molecule has 2 rings (SSSR count). The zero-order chi connectivity index (χ0) is 17.7. The molecule has 0 fully saturated rings. The van der Waals surface area contributed by atoms with Crippen LogP contribution in [0.5, 0.6) is 11.8 Å². The fourth-order valence-electron chi connectivity index (χ4n) is 1.50. The zero-order valence-corrected chi connectivity index (χ0v) is 14.9. The molecule has 0 spiro atoms. The lowest BCUT2D eigenvalue weighted by Crippen LogP contribution is -2.41. The molecule has 2 heterocycles. The first kappa shape index (κ1) is 17.8. The van der Waals surface area contributed by atoms with Crippen molar-refractivity contribution in [3.05, 3.63) is 29.0 Å². The first-order valence-corrected chi connectivity index (χ1v) is 8.52. The SMILES string of the molecule is COc1cc(OC)nc(NC(=O)NS(=O)(=O)Nn2cccc2Br)n1. The molecule has 0 atom stereocenters. The van der Waals surface area contributed by atoms with Crippen molar-refractivity contribution in [1.82, 2.24) is 19.4 Å². The fourth-order valence-corrected chi connectivity index (χ4v) is 2.74. The van der Waals surface area contributed by atoms with Crippen LogP contribution in [0.15, 0.2) is 29.0 Å². The van der Waals surface area contributed by atoms with E-state index in [0.717, 1.165) is 4.68 Å². The molecular formula is C11H13BrN6O5S. The minimum absolute atomic E-state index is 0.134. The van der Waals surface area contributed by atoms with Crippen molar-refractivity contribution in [2.24, 2.45) is 0 Å². The third-order valence-electron chi connectivity index (χ3n) is 2.47. The van der Waals surface area contributed by atoms with Gasteiger partial charge in [-0.3, -0.25) is 5.32 Å². The third-order valence-corrected chi connectivity index (χ3v) is 4.00. The van der Waals surface area contributed by atoms with Gasteiger partial charge in [0.15, 0.2) is 0 Å². The summed E-state index contributed by atoms with van der Waals surface area (Å²) < 4.78 is 37.0. The monoisotopic (exact) mass is 420 g/mol. The van der Waals surface area contributed by atoms with Crippen LogP contribution in [0.3, 0.4) is 0 Å². The number of nitrogens with one attached hydrogen (secondary N) is 3. The van der Waals surface area contributed by atoms with E-state index in [1.165, 1.54) is 26.5 Å². The van der Waals surface area contributed by atoms with Crippen LogP contribution in [0.1, 0.15) is 0 Å². The van der Waals surface area contributed by atoms with E-state index in [2.05, 4.69) is 36.0 Å². The van der Waals surface area contributed by atoms with Gasteiger partial charge in [0, 0.05) is 6.20 Å². The first-order valence-electron chi connectivity index (χ1n) is 6.24. The molecule has 0 saturated carbocycles. The van der Waals surface area contributed by atoms with Gasteiger partial charge in [0.1, 0.15) is 4.60 Å². The minimum atomic E-state index is -4.17. The number of anilines is 1. The predicted molar refractivity (Wildman–Crippen MR) is 87.7 cm³/mol. The molecule has 2 aromatic heterocycles. The fraction of sp³-hybridized carbons (Fsp3) is 0.182. The van der Waals surface area contributed by atoms with E-state index in [1.54, 1.807) is 16.9 Å². The summed E-state index contributed by atoms with van der Waals surface area (Å²) in [6.45, 7) is 0. The number of urea groups is 1. The molecule has 3 N–H and O–H groups in total. The van der Waals surface area contributed by atoms with E-state index in [1.807, 2.05) is 0 Å². The molecule has 0 bridgehead atoms. The molecule has 13 heteroatoms. The first-order chi connectivity index (χ1) is 11.3. The van der Waals surface area contributed by atoms with Crippen LogP contribution < -0.4 is 24.3 Å². The van der Waals surface area contributed by atoms with Crippen LogP contribution in [0.2, 0.25) is 0 Å². The summed E-state index contributed by atoms with van der Waals surface area (Å²) in [6.07, 6.45) is 1.44. The zero-order valence-electron chi connectivity index (χ0n) is 12.5. The molecule has 130 valence electrons. The lowest BCUT2D eigenvalue weighted by molar-refractivity contribution is 0.256. The largest absolute Gasteiger partial charge is 0.481 e. The highest BCUT2D eigenvalue weighted by Gasteiger charge is 2.17. The Kier molecular flexibility index (Phi) is 5.46. The molecule has 0 aliphatic heterocycles. The van der Waals surface area contributed by atoms with Crippen molar-refractivity contribution in [3.8, 4) is 11.8 Å². The highest BCUT2D eigenvalue weighted by molar-refractivity contribution is 9.10. The lowest BCUT2D eigenvalue weighted by atomic mass is 10.6. The van der Waals surface area contributed by atoms with E-state index in [-0.39, 0.29) is 17.7 Å². The van der Waals surface area contributed by atoms with E-state index < -0.39 is 16.2 Å². The van der Waals surface area contributed by atoms with Gasteiger partial charge in [-0.1, -0.05) is 0 Å². The van der Waals surface area contributed by atoms with E-state index in [4.69, 9.17) is 9.47 Å². The number of aromatic nitrogens is 3. The van der Waals surface area contributed by atoms with E-state index in [9.17, 15) is 13.2 Å². The second-order valence-electron chi connectivity index (χ2n) is 4.13. The number of halogens is 1. The molecule has 24 heavy (non-hydrogen) atoms. The molecule has 11 nitrogen and oxygen atoms in total. The van der Waals surface area contributed by atoms with Gasteiger partial charge in [-0.2, -0.15) is 18.4 Å². The van der Waals surface area contributed by atoms with Crippen LogP contribution in [0.25, 0.3) is 0 Å². The van der Waals surface area contributed by atoms with Crippen molar-refractivity contribution in [2.75, 3.05) is 24.4 Å². The van der Waals surface area contributed by atoms with Crippen LogP contribution >= 0.6 is 15.9 Å². The molecule has 0 unspecified atom stereocenters. The highest BCUT2D eigenvalue weighted by Crippen LogP contribution is 2.17. The van der Waals surface area contributed by atoms with Crippen molar-refractivity contribution < 1.29 is 22.7 Å². The van der Waals surface area contributed by atoms with Gasteiger partial charge in [0.2, 0.25) is 17.7 Å².